The van der Waals surface area contributed by atoms with Crippen LogP contribution in [0, 0.1) is 0 Å². The van der Waals surface area contributed by atoms with Crippen molar-refractivity contribution in [3.63, 3.8) is 0 Å². The summed E-state index contributed by atoms with van der Waals surface area (Å²) < 4.78 is 10.5. The second kappa shape index (κ2) is 4.63. The van der Waals surface area contributed by atoms with Crippen LogP contribution in [0.3, 0.4) is 0 Å². The zero-order valence-electron chi connectivity index (χ0n) is 9.82. The van der Waals surface area contributed by atoms with Gasteiger partial charge < -0.3 is 19.9 Å². The number of rotatable bonds is 3. The van der Waals surface area contributed by atoms with Gasteiger partial charge in [-0.3, -0.25) is 4.79 Å². The second-order valence-electron chi connectivity index (χ2n) is 3.94. The summed E-state index contributed by atoms with van der Waals surface area (Å²) in [6.07, 6.45) is 0.428. The van der Waals surface area contributed by atoms with Crippen molar-refractivity contribution in [3.8, 4) is 11.5 Å². The fourth-order valence-electron chi connectivity index (χ4n) is 2.05. The zero-order valence-corrected chi connectivity index (χ0v) is 9.82. The molecule has 0 aliphatic carbocycles. The number of hydrogen-bond donors (Lipinski definition) is 2. The molecule has 1 aliphatic rings. The maximum absolute atomic E-state index is 11.0. The quantitative estimate of drug-likeness (QED) is 0.814. The predicted molar refractivity (Wildman–Crippen MR) is 61.5 cm³/mol. The first kappa shape index (κ1) is 11.7. The summed E-state index contributed by atoms with van der Waals surface area (Å²) in [6, 6.07) is 3.14. The Morgan fingerprint density at radius 1 is 1.41 bits per heavy atom. The van der Waals surface area contributed by atoms with E-state index in [-0.39, 0.29) is 0 Å². The number of ether oxygens (including phenoxy) is 2. The van der Waals surface area contributed by atoms with E-state index in [0.717, 1.165) is 16.9 Å². The Hall–Kier alpha value is -1.75. The van der Waals surface area contributed by atoms with E-state index < -0.39 is 12.0 Å². The summed E-state index contributed by atoms with van der Waals surface area (Å²) in [5.41, 5.74) is 1.97. The number of aliphatic carboxylic acids is 1. The van der Waals surface area contributed by atoms with E-state index in [1.54, 1.807) is 20.3 Å². The van der Waals surface area contributed by atoms with Crippen LogP contribution >= 0.6 is 0 Å². The number of fused-ring (bicyclic) bond motifs is 1. The predicted octanol–water partition coefficient (Wildman–Crippen LogP) is 0.803. The molecule has 92 valence electrons. The number of carboxylic acids is 1. The average molecular weight is 237 g/mol. The molecule has 1 aliphatic heterocycles. The highest BCUT2D eigenvalue weighted by atomic mass is 16.5. The van der Waals surface area contributed by atoms with E-state index in [4.69, 9.17) is 14.6 Å². The Morgan fingerprint density at radius 3 is 2.76 bits per heavy atom. The van der Waals surface area contributed by atoms with E-state index in [2.05, 4.69) is 5.32 Å². The minimum absolute atomic E-state index is 0.428. The van der Waals surface area contributed by atoms with Gasteiger partial charge in [-0.25, -0.2) is 0 Å². The van der Waals surface area contributed by atoms with E-state index in [0.29, 0.717) is 18.7 Å². The van der Waals surface area contributed by atoms with Gasteiger partial charge in [0.25, 0.3) is 0 Å². The topological polar surface area (TPSA) is 67.8 Å². The lowest BCUT2D eigenvalue weighted by molar-refractivity contribution is -0.139. The molecule has 5 nitrogen and oxygen atoms in total. The van der Waals surface area contributed by atoms with Gasteiger partial charge in [-0.2, -0.15) is 0 Å². The molecule has 0 aromatic heterocycles. The SMILES string of the molecule is COc1cc2c(c(OC)c1)CC(C(=O)O)NC2. The van der Waals surface area contributed by atoms with Crippen molar-refractivity contribution in [3.05, 3.63) is 23.3 Å². The van der Waals surface area contributed by atoms with E-state index in [1.165, 1.54) is 0 Å². The molecular formula is C12H15NO4. The number of hydrogen-bond acceptors (Lipinski definition) is 4. The van der Waals surface area contributed by atoms with Gasteiger partial charge in [0.2, 0.25) is 0 Å². The van der Waals surface area contributed by atoms with Crippen molar-refractivity contribution in [2.24, 2.45) is 0 Å². The first-order valence-electron chi connectivity index (χ1n) is 5.35. The Morgan fingerprint density at radius 2 is 2.18 bits per heavy atom. The number of carbonyl (C=O) groups is 1. The molecule has 0 amide bonds. The fourth-order valence-corrected chi connectivity index (χ4v) is 2.05. The summed E-state index contributed by atoms with van der Waals surface area (Å²) in [6.45, 7) is 0.514. The molecule has 0 saturated heterocycles. The highest BCUT2D eigenvalue weighted by Gasteiger charge is 2.26. The fraction of sp³-hybridized carbons (Fsp3) is 0.417. The molecule has 1 aromatic carbocycles. The summed E-state index contributed by atoms with van der Waals surface area (Å²) in [5, 5.41) is 12.0. The molecule has 2 rings (SSSR count). The monoisotopic (exact) mass is 237 g/mol. The summed E-state index contributed by atoms with van der Waals surface area (Å²) in [4.78, 5) is 11.0. The molecule has 1 heterocycles. The van der Waals surface area contributed by atoms with Crippen LogP contribution in [-0.4, -0.2) is 31.3 Å². The molecule has 0 fully saturated rings. The van der Waals surface area contributed by atoms with Gasteiger partial charge in [0.15, 0.2) is 0 Å². The minimum Gasteiger partial charge on any atom is -0.497 e. The highest BCUT2D eigenvalue weighted by molar-refractivity contribution is 5.74. The van der Waals surface area contributed by atoms with Crippen LogP contribution in [-0.2, 0) is 17.8 Å². The first-order valence-corrected chi connectivity index (χ1v) is 5.35. The number of methoxy groups -OCH3 is 2. The molecule has 2 N–H and O–H groups in total. The van der Waals surface area contributed by atoms with Crippen molar-refractivity contribution in [2.45, 2.75) is 19.0 Å². The van der Waals surface area contributed by atoms with Gasteiger partial charge in [0.1, 0.15) is 17.5 Å². The van der Waals surface area contributed by atoms with Gasteiger partial charge in [0, 0.05) is 24.6 Å². The number of nitrogens with one attached hydrogen (secondary N) is 1. The van der Waals surface area contributed by atoms with Crippen molar-refractivity contribution in [1.82, 2.24) is 5.32 Å². The zero-order chi connectivity index (χ0) is 12.4. The van der Waals surface area contributed by atoms with Crippen LogP contribution in [0.4, 0.5) is 0 Å². The minimum atomic E-state index is -0.839. The van der Waals surface area contributed by atoms with Crippen LogP contribution in [0.15, 0.2) is 12.1 Å². The third-order valence-electron chi connectivity index (χ3n) is 2.98. The van der Waals surface area contributed by atoms with Crippen molar-refractivity contribution in [1.29, 1.82) is 0 Å². The normalized spacial score (nSPS) is 18.4. The average Bonchev–Trinajstić information content (AvgIpc) is 2.36. The van der Waals surface area contributed by atoms with Gasteiger partial charge in [-0.1, -0.05) is 0 Å². The van der Waals surface area contributed by atoms with Gasteiger partial charge in [-0.15, -0.1) is 0 Å². The molecule has 0 saturated carbocycles. The summed E-state index contributed by atoms with van der Waals surface area (Å²) >= 11 is 0. The van der Waals surface area contributed by atoms with Crippen LogP contribution in [0.1, 0.15) is 11.1 Å². The number of benzene rings is 1. The van der Waals surface area contributed by atoms with E-state index in [1.807, 2.05) is 6.07 Å². The van der Waals surface area contributed by atoms with Gasteiger partial charge >= 0.3 is 5.97 Å². The lowest BCUT2D eigenvalue weighted by Gasteiger charge is -2.25. The van der Waals surface area contributed by atoms with Crippen molar-refractivity contribution in [2.75, 3.05) is 14.2 Å². The van der Waals surface area contributed by atoms with Crippen LogP contribution < -0.4 is 14.8 Å². The van der Waals surface area contributed by atoms with Crippen molar-refractivity contribution >= 4 is 5.97 Å². The Labute approximate surface area is 99.3 Å². The van der Waals surface area contributed by atoms with E-state index in [9.17, 15) is 4.79 Å². The Balaban J connectivity index is 2.39. The molecule has 0 radical (unpaired) electrons. The summed E-state index contributed by atoms with van der Waals surface area (Å²) in [7, 11) is 3.17. The highest BCUT2D eigenvalue weighted by Crippen LogP contribution is 2.31. The molecule has 0 bridgehead atoms. The summed E-state index contributed by atoms with van der Waals surface area (Å²) in [5.74, 6) is 0.566. The molecule has 0 spiro atoms. The van der Waals surface area contributed by atoms with Crippen LogP contribution in [0.25, 0.3) is 0 Å². The molecule has 17 heavy (non-hydrogen) atoms. The van der Waals surface area contributed by atoms with Crippen LogP contribution in [0.2, 0.25) is 0 Å². The molecule has 1 aromatic rings. The molecule has 1 unspecified atom stereocenters. The largest absolute Gasteiger partial charge is 0.497 e. The Bertz CT molecular complexity index is 427. The second-order valence-corrected chi connectivity index (χ2v) is 3.94. The Kier molecular flexibility index (Phi) is 3.19. The lowest BCUT2D eigenvalue weighted by atomic mass is 9.94. The smallest absolute Gasteiger partial charge is 0.321 e. The van der Waals surface area contributed by atoms with Crippen molar-refractivity contribution < 1.29 is 19.4 Å². The molecular weight excluding hydrogens is 222 g/mol. The maximum Gasteiger partial charge on any atom is 0.321 e. The standard InChI is InChI=1S/C12H15NO4/c1-16-8-3-7-6-13-10(12(14)15)5-9(7)11(4-8)17-2/h3-4,10,13H,5-6H2,1-2H3,(H,14,15). The number of carboxylic acid groups (broad SMARTS) is 1. The lowest BCUT2D eigenvalue weighted by Crippen LogP contribution is -2.41. The molecule has 1 atom stereocenters. The van der Waals surface area contributed by atoms with Gasteiger partial charge in [0.05, 0.1) is 14.2 Å². The maximum atomic E-state index is 11.0. The third-order valence-corrected chi connectivity index (χ3v) is 2.98. The van der Waals surface area contributed by atoms with Crippen LogP contribution in [0.5, 0.6) is 11.5 Å². The third kappa shape index (κ3) is 2.19. The first-order chi connectivity index (χ1) is 8.15. The molecule has 5 heteroatoms. The van der Waals surface area contributed by atoms with E-state index >= 15 is 0 Å². The van der Waals surface area contributed by atoms with Gasteiger partial charge in [-0.05, 0) is 11.6 Å².